The van der Waals surface area contributed by atoms with Gasteiger partial charge in [-0.1, -0.05) is 12.1 Å². The number of amides is 1. The fourth-order valence-electron chi connectivity index (χ4n) is 4.18. The molecule has 1 saturated heterocycles. The van der Waals surface area contributed by atoms with Crippen molar-refractivity contribution >= 4 is 42.0 Å². The van der Waals surface area contributed by atoms with E-state index in [1.165, 1.54) is 0 Å². The summed E-state index contributed by atoms with van der Waals surface area (Å²) < 4.78 is 24.1. The summed E-state index contributed by atoms with van der Waals surface area (Å²) in [5.74, 6) is 0.508. The van der Waals surface area contributed by atoms with Gasteiger partial charge in [0.25, 0.3) is 5.91 Å². The van der Waals surface area contributed by atoms with Crippen LogP contribution in [0.3, 0.4) is 0 Å². The summed E-state index contributed by atoms with van der Waals surface area (Å²) in [6.45, 7) is 5.78. The van der Waals surface area contributed by atoms with Gasteiger partial charge in [-0.25, -0.2) is 4.98 Å². The molecule has 0 spiro atoms. The van der Waals surface area contributed by atoms with E-state index in [1.54, 1.807) is 29.7 Å². The minimum Gasteiger partial charge on any atom is -0.397 e. The van der Waals surface area contributed by atoms with Crippen LogP contribution in [0.4, 0.5) is 17.2 Å². The van der Waals surface area contributed by atoms with Gasteiger partial charge in [0.1, 0.15) is 5.82 Å². The number of hydrogen-bond acceptors (Lipinski definition) is 8. The highest BCUT2D eigenvalue weighted by molar-refractivity contribution is 7.54. The van der Waals surface area contributed by atoms with Crippen LogP contribution in [-0.4, -0.2) is 42.9 Å². The average Bonchev–Trinajstić information content (AvgIpc) is 3.41. The molecule has 1 fully saturated rings. The number of piperidine rings is 1. The van der Waals surface area contributed by atoms with Crippen LogP contribution in [0.25, 0.3) is 10.4 Å². The topological polar surface area (TPSA) is 107 Å². The monoisotopic (exact) mass is 514 g/mol. The largest absolute Gasteiger partial charge is 0.397 e. The van der Waals surface area contributed by atoms with Crippen LogP contribution in [0.1, 0.15) is 37.0 Å². The zero-order valence-electron chi connectivity index (χ0n) is 20.0. The van der Waals surface area contributed by atoms with Crippen LogP contribution < -0.4 is 16.0 Å². The number of pyridine rings is 1. The lowest BCUT2D eigenvalue weighted by molar-refractivity contribution is 0.102. The van der Waals surface area contributed by atoms with Crippen LogP contribution in [0.15, 0.2) is 54.0 Å². The molecule has 1 aromatic carbocycles. The number of carbonyl (C=O) groups is 1. The van der Waals surface area contributed by atoms with Gasteiger partial charge >= 0.3 is 7.60 Å². The Morgan fingerprint density at radius 1 is 1.17 bits per heavy atom. The van der Waals surface area contributed by atoms with E-state index < -0.39 is 7.60 Å². The third-order valence-electron chi connectivity index (χ3n) is 5.97. The first-order chi connectivity index (χ1) is 16.9. The molecule has 2 aromatic heterocycles. The summed E-state index contributed by atoms with van der Waals surface area (Å²) in [6.07, 6.45) is 2.96. The Morgan fingerprint density at radius 3 is 2.51 bits per heavy atom. The van der Waals surface area contributed by atoms with Crippen molar-refractivity contribution in [1.82, 2.24) is 4.98 Å². The first-order valence-corrected chi connectivity index (χ1v) is 14.3. The van der Waals surface area contributed by atoms with E-state index in [-0.39, 0.29) is 11.6 Å². The first kappa shape index (κ1) is 25.4. The highest BCUT2D eigenvalue weighted by Gasteiger charge is 2.37. The molecule has 186 valence electrons. The van der Waals surface area contributed by atoms with Gasteiger partial charge < -0.3 is 25.0 Å². The van der Waals surface area contributed by atoms with E-state index in [0.29, 0.717) is 56.1 Å². The predicted molar refractivity (Wildman–Crippen MR) is 142 cm³/mol. The molecule has 1 amide bonds. The number of nitrogens with zero attached hydrogens (tertiary/aromatic N) is 2. The van der Waals surface area contributed by atoms with E-state index in [1.807, 2.05) is 49.6 Å². The van der Waals surface area contributed by atoms with E-state index in [2.05, 4.69) is 15.2 Å². The first-order valence-electron chi connectivity index (χ1n) is 11.8. The zero-order chi connectivity index (χ0) is 24.8. The summed E-state index contributed by atoms with van der Waals surface area (Å²) >= 11 is 1.63. The quantitative estimate of drug-likeness (QED) is 0.271. The van der Waals surface area contributed by atoms with Gasteiger partial charge in [-0.15, -0.1) is 11.3 Å². The van der Waals surface area contributed by atoms with Crippen LogP contribution in [0.2, 0.25) is 0 Å². The Kier molecular flexibility index (Phi) is 8.23. The van der Waals surface area contributed by atoms with Crippen molar-refractivity contribution < 1.29 is 18.4 Å². The standard InChI is InChI=1S/C25H31N4O4PS/c1-3-32-34(31,33-4-2)20-11-13-29(14-12-20)24-10-8-19(17-27-24)25(30)28-22-16-18(7-9-21(22)26)23-6-5-15-35-23/h5-10,15-17,20H,3-4,11-14,26H2,1-2H3,(H,28,30). The predicted octanol–water partition coefficient (Wildman–Crippen LogP) is 5.88. The fraction of sp³-hybridized carbons (Fsp3) is 0.360. The molecule has 35 heavy (non-hydrogen) atoms. The normalized spacial score (nSPS) is 14.7. The average molecular weight is 515 g/mol. The van der Waals surface area contributed by atoms with Crippen molar-refractivity contribution in [3.05, 3.63) is 59.6 Å². The lowest BCUT2D eigenvalue weighted by Gasteiger charge is -2.35. The van der Waals surface area contributed by atoms with Gasteiger partial charge in [0.15, 0.2) is 0 Å². The second-order valence-corrected chi connectivity index (χ2v) is 11.5. The van der Waals surface area contributed by atoms with E-state index in [9.17, 15) is 9.36 Å². The number of thiophene rings is 1. The van der Waals surface area contributed by atoms with Gasteiger partial charge in [-0.3, -0.25) is 9.36 Å². The van der Waals surface area contributed by atoms with Gasteiger partial charge in [0.05, 0.1) is 35.8 Å². The molecule has 0 bridgehead atoms. The molecule has 3 heterocycles. The maximum atomic E-state index is 13.1. The van der Waals surface area contributed by atoms with E-state index >= 15 is 0 Å². The second kappa shape index (κ2) is 11.4. The molecule has 0 atom stereocenters. The lowest BCUT2D eigenvalue weighted by atomic mass is 10.1. The summed E-state index contributed by atoms with van der Waals surface area (Å²) in [5, 5.41) is 4.91. The molecule has 1 aliphatic rings. The Bertz CT molecular complexity index is 1170. The maximum absolute atomic E-state index is 13.1. The molecule has 1 aliphatic heterocycles. The molecule has 3 aromatic rings. The molecule has 3 N–H and O–H groups in total. The van der Waals surface area contributed by atoms with Crippen molar-refractivity contribution in [2.24, 2.45) is 0 Å². The molecule has 0 unspecified atom stereocenters. The van der Waals surface area contributed by atoms with Gasteiger partial charge in [-0.2, -0.15) is 0 Å². The van der Waals surface area contributed by atoms with Crippen molar-refractivity contribution in [2.45, 2.75) is 32.3 Å². The maximum Gasteiger partial charge on any atom is 0.333 e. The number of hydrogen-bond donors (Lipinski definition) is 2. The molecule has 10 heteroatoms. The summed E-state index contributed by atoms with van der Waals surface area (Å²) in [7, 11) is -3.10. The van der Waals surface area contributed by atoms with Crippen LogP contribution in [0, 0.1) is 0 Å². The van der Waals surface area contributed by atoms with Gasteiger partial charge in [0.2, 0.25) is 0 Å². The Labute approximate surface area is 210 Å². The minimum absolute atomic E-state index is 0.112. The van der Waals surface area contributed by atoms with Crippen LogP contribution in [0.5, 0.6) is 0 Å². The van der Waals surface area contributed by atoms with Crippen molar-refractivity contribution in [3.63, 3.8) is 0 Å². The number of rotatable bonds is 9. The summed E-state index contributed by atoms with van der Waals surface area (Å²) in [5.41, 5.74) is 8.50. The highest BCUT2D eigenvalue weighted by atomic mass is 32.1. The summed E-state index contributed by atoms with van der Waals surface area (Å²) in [6, 6.07) is 13.2. The second-order valence-electron chi connectivity index (χ2n) is 8.23. The molecular formula is C25H31N4O4PS. The Hall–Kier alpha value is -2.71. The highest BCUT2D eigenvalue weighted by Crippen LogP contribution is 2.56. The SMILES string of the molecule is CCOP(=O)(OCC)C1CCN(c2ccc(C(=O)Nc3cc(-c4cccs4)ccc3N)cn2)CC1. The number of carbonyl (C=O) groups excluding carboxylic acids is 1. The third kappa shape index (κ3) is 5.93. The van der Waals surface area contributed by atoms with Crippen LogP contribution >= 0.6 is 18.9 Å². The smallest absolute Gasteiger partial charge is 0.333 e. The lowest BCUT2D eigenvalue weighted by Crippen LogP contribution is -2.37. The number of benzene rings is 1. The van der Waals surface area contributed by atoms with Crippen molar-refractivity contribution in [1.29, 1.82) is 0 Å². The fourth-order valence-corrected chi connectivity index (χ4v) is 6.98. The van der Waals surface area contributed by atoms with E-state index in [0.717, 1.165) is 16.3 Å². The molecular weight excluding hydrogens is 483 g/mol. The minimum atomic E-state index is -3.10. The molecule has 8 nitrogen and oxygen atoms in total. The summed E-state index contributed by atoms with van der Waals surface area (Å²) in [4.78, 5) is 20.6. The number of nitrogens with two attached hydrogens (primary N) is 1. The zero-order valence-corrected chi connectivity index (χ0v) is 21.7. The van der Waals surface area contributed by atoms with Crippen molar-refractivity contribution in [3.8, 4) is 10.4 Å². The van der Waals surface area contributed by atoms with Gasteiger partial charge in [-0.05, 0) is 68.0 Å². The third-order valence-corrected chi connectivity index (χ3v) is 9.54. The molecule has 0 radical (unpaired) electrons. The molecule has 0 saturated carbocycles. The Balaban J connectivity index is 1.39. The van der Waals surface area contributed by atoms with E-state index in [4.69, 9.17) is 14.8 Å². The van der Waals surface area contributed by atoms with Crippen LogP contribution in [-0.2, 0) is 13.6 Å². The van der Waals surface area contributed by atoms with Gasteiger partial charge in [0, 0.05) is 24.2 Å². The van der Waals surface area contributed by atoms with Crippen molar-refractivity contribution in [2.75, 3.05) is 42.3 Å². The molecule has 4 rings (SSSR count). The Morgan fingerprint density at radius 2 is 1.91 bits per heavy atom. The number of aromatic nitrogens is 1. The molecule has 0 aliphatic carbocycles. The number of anilines is 3. The number of nitrogen functional groups attached to an aromatic ring is 1. The number of nitrogens with one attached hydrogen (secondary N) is 1.